The highest BCUT2D eigenvalue weighted by Crippen LogP contribution is 2.25. The van der Waals surface area contributed by atoms with Crippen LogP contribution in [-0.2, 0) is 16.1 Å². The summed E-state index contributed by atoms with van der Waals surface area (Å²) in [4.78, 5) is 28.1. The topological polar surface area (TPSA) is 79.7 Å². The second-order valence-corrected chi connectivity index (χ2v) is 7.06. The zero-order valence-corrected chi connectivity index (χ0v) is 16.0. The molecule has 28 heavy (non-hydrogen) atoms. The van der Waals surface area contributed by atoms with Gasteiger partial charge in [-0.15, -0.1) is 0 Å². The Morgan fingerprint density at radius 3 is 2.79 bits per heavy atom. The molecule has 3 amide bonds. The fourth-order valence-electron chi connectivity index (χ4n) is 3.60. The number of carbonyl (C=O) groups excluding carboxylic acids is 2. The largest absolute Gasteiger partial charge is 0.370 e. The van der Waals surface area contributed by atoms with Crippen LogP contribution in [0.3, 0.4) is 0 Å². The summed E-state index contributed by atoms with van der Waals surface area (Å²) in [5.74, 6) is 0.155. The minimum Gasteiger partial charge on any atom is -0.370 e. The van der Waals surface area contributed by atoms with E-state index < -0.39 is 0 Å². The van der Waals surface area contributed by atoms with E-state index in [1.807, 2.05) is 42.1 Å². The number of aryl methyl sites for hydroxylation is 1. The standard InChI is InChI=1S/C20H25N5O3/c1-2-24-13-15(12-21-24)18-14-23(10-11-28-18)20(27)22-16-5-7-17(8-6-16)25-9-3-4-19(25)26/h5-8,12-13,18H,2-4,9-11,14H2,1H3,(H,22,27). The molecule has 4 rings (SSSR count). The van der Waals surface area contributed by atoms with E-state index in [1.165, 1.54) is 0 Å². The number of hydrogen-bond donors (Lipinski definition) is 1. The lowest BCUT2D eigenvalue weighted by Crippen LogP contribution is -2.44. The molecule has 1 atom stereocenters. The fourth-order valence-corrected chi connectivity index (χ4v) is 3.60. The molecule has 0 bridgehead atoms. The number of amides is 3. The number of hydrogen-bond acceptors (Lipinski definition) is 4. The van der Waals surface area contributed by atoms with Crippen molar-refractivity contribution in [2.45, 2.75) is 32.4 Å². The number of morpholine rings is 1. The Morgan fingerprint density at radius 1 is 1.29 bits per heavy atom. The van der Waals surface area contributed by atoms with Gasteiger partial charge in [0, 0.05) is 49.2 Å². The third-order valence-electron chi connectivity index (χ3n) is 5.21. The second-order valence-electron chi connectivity index (χ2n) is 7.06. The average molecular weight is 383 g/mol. The van der Waals surface area contributed by atoms with Gasteiger partial charge in [-0.1, -0.05) is 0 Å². The molecule has 8 heteroatoms. The maximum absolute atomic E-state index is 12.7. The average Bonchev–Trinajstić information content (AvgIpc) is 3.38. The molecule has 2 aromatic rings. The van der Waals surface area contributed by atoms with E-state index in [0.29, 0.717) is 31.8 Å². The van der Waals surface area contributed by atoms with Crippen molar-refractivity contribution in [1.29, 1.82) is 0 Å². The summed E-state index contributed by atoms with van der Waals surface area (Å²) in [6.45, 7) is 5.12. The van der Waals surface area contributed by atoms with Gasteiger partial charge in [-0.05, 0) is 37.6 Å². The Labute approximate surface area is 164 Å². The molecule has 1 aromatic carbocycles. The maximum atomic E-state index is 12.7. The zero-order chi connectivity index (χ0) is 19.5. The SMILES string of the molecule is CCn1cc(C2CN(C(=O)Nc3ccc(N4CCCC4=O)cc3)CCO2)cn1. The molecule has 0 aliphatic carbocycles. The number of nitrogens with one attached hydrogen (secondary N) is 1. The van der Waals surface area contributed by atoms with Crippen molar-refractivity contribution >= 4 is 23.3 Å². The number of ether oxygens (including phenoxy) is 1. The van der Waals surface area contributed by atoms with Crippen LogP contribution in [-0.4, -0.2) is 52.9 Å². The van der Waals surface area contributed by atoms with Crippen molar-refractivity contribution in [2.75, 3.05) is 36.5 Å². The summed E-state index contributed by atoms with van der Waals surface area (Å²) in [5, 5.41) is 7.22. The normalized spacial score (nSPS) is 19.9. The van der Waals surface area contributed by atoms with E-state index in [1.54, 1.807) is 16.0 Å². The van der Waals surface area contributed by atoms with Gasteiger partial charge in [0.25, 0.3) is 0 Å². The Hall–Kier alpha value is -2.87. The van der Waals surface area contributed by atoms with Gasteiger partial charge in [0.15, 0.2) is 0 Å². The number of carbonyl (C=O) groups is 2. The van der Waals surface area contributed by atoms with Crippen LogP contribution < -0.4 is 10.2 Å². The summed E-state index contributed by atoms with van der Waals surface area (Å²) >= 11 is 0. The smallest absolute Gasteiger partial charge is 0.322 e. The molecule has 0 spiro atoms. The Morgan fingerprint density at radius 2 is 2.11 bits per heavy atom. The van der Waals surface area contributed by atoms with Crippen LogP contribution in [0.15, 0.2) is 36.7 Å². The van der Waals surface area contributed by atoms with Crippen LogP contribution in [0.4, 0.5) is 16.2 Å². The van der Waals surface area contributed by atoms with Gasteiger partial charge >= 0.3 is 6.03 Å². The van der Waals surface area contributed by atoms with Gasteiger partial charge in [-0.2, -0.15) is 5.10 Å². The molecule has 1 N–H and O–H groups in total. The van der Waals surface area contributed by atoms with Crippen molar-refractivity contribution in [3.63, 3.8) is 0 Å². The Bertz CT molecular complexity index is 848. The highest BCUT2D eigenvalue weighted by Gasteiger charge is 2.26. The molecular weight excluding hydrogens is 358 g/mol. The molecule has 3 heterocycles. The number of rotatable bonds is 4. The van der Waals surface area contributed by atoms with Crippen molar-refractivity contribution in [3.05, 3.63) is 42.2 Å². The fraction of sp³-hybridized carbons (Fsp3) is 0.450. The zero-order valence-electron chi connectivity index (χ0n) is 16.0. The third kappa shape index (κ3) is 3.87. The van der Waals surface area contributed by atoms with Crippen molar-refractivity contribution in [1.82, 2.24) is 14.7 Å². The number of nitrogens with zero attached hydrogens (tertiary/aromatic N) is 4. The summed E-state index contributed by atoms with van der Waals surface area (Å²) in [6.07, 6.45) is 5.10. The number of anilines is 2. The Balaban J connectivity index is 1.37. The summed E-state index contributed by atoms with van der Waals surface area (Å²) < 4.78 is 7.67. The maximum Gasteiger partial charge on any atom is 0.322 e. The minimum atomic E-state index is -0.164. The first-order valence-corrected chi connectivity index (χ1v) is 9.74. The minimum absolute atomic E-state index is 0.152. The predicted octanol–water partition coefficient (Wildman–Crippen LogP) is 2.64. The molecule has 2 aliphatic heterocycles. The monoisotopic (exact) mass is 383 g/mol. The van der Waals surface area contributed by atoms with Gasteiger partial charge in [0.2, 0.25) is 5.91 Å². The van der Waals surface area contributed by atoms with Crippen LogP contribution in [0.25, 0.3) is 0 Å². The lowest BCUT2D eigenvalue weighted by Gasteiger charge is -2.32. The number of benzene rings is 1. The third-order valence-corrected chi connectivity index (χ3v) is 5.21. The van der Waals surface area contributed by atoms with Gasteiger partial charge in [-0.25, -0.2) is 4.79 Å². The molecule has 148 valence electrons. The summed E-state index contributed by atoms with van der Waals surface area (Å²) in [7, 11) is 0. The number of urea groups is 1. The van der Waals surface area contributed by atoms with Gasteiger partial charge < -0.3 is 19.9 Å². The van der Waals surface area contributed by atoms with Crippen LogP contribution in [0.1, 0.15) is 31.4 Å². The van der Waals surface area contributed by atoms with Crippen LogP contribution in [0.5, 0.6) is 0 Å². The molecule has 8 nitrogen and oxygen atoms in total. The molecule has 2 aliphatic rings. The van der Waals surface area contributed by atoms with Gasteiger partial charge in [0.1, 0.15) is 6.10 Å². The van der Waals surface area contributed by atoms with Crippen molar-refractivity contribution in [2.24, 2.45) is 0 Å². The van der Waals surface area contributed by atoms with Gasteiger partial charge in [0.05, 0.1) is 19.3 Å². The molecule has 1 aromatic heterocycles. The molecule has 0 radical (unpaired) electrons. The van der Waals surface area contributed by atoms with Crippen LogP contribution in [0, 0.1) is 0 Å². The first-order chi connectivity index (χ1) is 13.6. The van der Waals surface area contributed by atoms with Crippen LogP contribution >= 0.6 is 0 Å². The Kier molecular flexibility index (Phi) is 5.29. The quantitative estimate of drug-likeness (QED) is 0.880. The molecule has 2 saturated heterocycles. The van der Waals surface area contributed by atoms with Crippen LogP contribution in [0.2, 0.25) is 0 Å². The van der Waals surface area contributed by atoms with Gasteiger partial charge in [-0.3, -0.25) is 9.48 Å². The molecule has 0 saturated carbocycles. The highest BCUT2D eigenvalue weighted by molar-refractivity contribution is 5.96. The van der Waals surface area contributed by atoms with E-state index in [2.05, 4.69) is 10.4 Å². The predicted molar refractivity (Wildman–Crippen MR) is 105 cm³/mol. The molecule has 1 unspecified atom stereocenters. The first-order valence-electron chi connectivity index (χ1n) is 9.74. The van der Waals surface area contributed by atoms with Crippen molar-refractivity contribution < 1.29 is 14.3 Å². The summed E-state index contributed by atoms with van der Waals surface area (Å²) in [6, 6.07) is 7.27. The highest BCUT2D eigenvalue weighted by atomic mass is 16.5. The van der Waals surface area contributed by atoms with E-state index in [-0.39, 0.29) is 18.0 Å². The second kappa shape index (κ2) is 8.02. The number of aromatic nitrogens is 2. The lowest BCUT2D eigenvalue weighted by molar-refractivity contribution is -0.117. The van der Waals surface area contributed by atoms with E-state index in [9.17, 15) is 9.59 Å². The van der Waals surface area contributed by atoms with E-state index >= 15 is 0 Å². The lowest BCUT2D eigenvalue weighted by atomic mass is 10.1. The van der Waals surface area contributed by atoms with E-state index in [0.717, 1.165) is 30.8 Å². The van der Waals surface area contributed by atoms with E-state index in [4.69, 9.17) is 4.74 Å². The van der Waals surface area contributed by atoms with Crippen molar-refractivity contribution in [3.8, 4) is 0 Å². The summed E-state index contributed by atoms with van der Waals surface area (Å²) in [5.41, 5.74) is 2.57. The molecular formula is C20H25N5O3. The molecule has 2 fully saturated rings. The first kappa shape index (κ1) is 18.5.